The Kier molecular flexibility index (Phi) is 6.44. The Balaban J connectivity index is 2.25. The van der Waals surface area contributed by atoms with Gasteiger partial charge in [-0.3, -0.25) is 4.79 Å². The molecule has 0 aliphatic carbocycles. The Bertz CT molecular complexity index is 760. The van der Waals surface area contributed by atoms with E-state index in [0.29, 0.717) is 11.3 Å². The number of methoxy groups -OCH3 is 1. The summed E-state index contributed by atoms with van der Waals surface area (Å²) >= 11 is 18.2. The molecule has 0 aliphatic rings. The van der Waals surface area contributed by atoms with E-state index in [1.54, 1.807) is 24.3 Å². The number of ether oxygens (including phenoxy) is 1. The fourth-order valence-electron chi connectivity index (χ4n) is 2.37. The maximum absolute atomic E-state index is 12.6. The molecule has 2 rings (SSSR count). The Morgan fingerprint density at radius 1 is 1.12 bits per heavy atom. The number of anilines is 1. The normalized spacial score (nSPS) is 12.4. The number of rotatable bonds is 5. The van der Waals surface area contributed by atoms with Gasteiger partial charge in [-0.2, -0.15) is 0 Å². The van der Waals surface area contributed by atoms with Crippen molar-refractivity contribution in [3.63, 3.8) is 0 Å². The quantitative estimate of drug-likeness (QED) is 0.556. The number of carbonyl (C=O) groups excluding carboxylic acids is 1. The second kappa shape index (κ2) is 8.17. The topological polar surface area (TPSA) is 50.4 Å². The molecule has 25 heavy (non-hydrogen) atoms. The van der Waals surface area contributed by atoms with Gasteiger partial charge in [0, 0.05) is 5.69 Å². The minimum atomic E-state index is -1.75. The molecular formula is C18H19Cl3N2O2. The van der Waals surface area contributed by atoms with E-state index >= 15 is 0 Å². The van der Waals surface area contributed by atoms with Crippen LogP contribution in [0.3, 0.4) is 0 Å². The summed E-state index contributed by atoms with van der Waals surface area (Å²) in [5.41, 5.74) is 3.21. The molecule has 0 aliphatic heterocycles. The van der Waals surface area contributed by atoms with E-state index in [1.165, 1.54) is 7.11 Å². The van der Waals surface area contributed by atoms with Crippen LogP contribution >= 0.6 is 34.8 Å². The number of nitrogens with one attached hydrogen (secondary N) is 2. The zero-order valence-corrected chi connectivity index (χ0v) is 16.3. The van der Waals surface area contributed by atoms with Crippen LogP contribution in [0.4, 0.5) is 5.69 Å². The van der Waals surface area contributed by atoms with Crippen LogP contribution in [0.5, 0.6) is 5.75 Å². The van der Waals surface area contributed by atoms with Gasteiger partial charge in [-0.05, 0) is 37.6 Å². The Morgan fingerprint density at radius 3 is 2.40 bits per heavy atom. The molecule has 0 fully saturated rings. The van der Waals surface area contributed by atoms with E-state index in [1.807, 2.05) is 32.0 Å². The van der Waals surface area contributed by atoms with Crippen molar-refractivity contribution in [1.29, 1.82) is 0 Å². The lowest BCUT2D eigenvalue weighted by Gasteiger charge is -2.28. The maximum atomic E-state index is 12.6. The second-order valence-corrected chi connectivity index (χ2v) is 7.98. The van der Waals surface area contributed by atoms with Crippen LogP contribution in [0.25, 0.3) is 0 Å². The van der Waals surface area contributed by atoms with Crippen LogP contribution in [0.2, 0.25) is 0 Å². The lowest BCUT2D eigenvalue weighted by Crippen LogP contribution is -2.49. The first-order chi connectivity index (χ1) is 11.7. The number of carbonyl (C=O) groups is 1. The van der Waals surface area contributed by atoms with Gasteiger partial charge in [-0.15, -0.1) is 0 Å². The number of halogens is 3. The highest BCUT2D eigenvalue weighted by atomic mass is 35.6. The van der Waals surface area contributed by atoms with Crippen LogP contribution in [0, 0.1) is 13.8 Å². The third-order valence-corrected chi connectivity index (χ3v) is 4.29. The van der Waals surface area contributed by atoms with Gasteiger partial charge >= 0.3 is 0 Å². The van der Waals surface area contributed by atoms with Gasteiger partial charge in [-0.1, -0.05) is 64.6 Å². The molecule has 0 spiro atoms. The van der Waals surface area contributed by atoms with Crippen LogP contribution in [0.1, 0.15) is 21.5 Å². The van der Waals surface area contributed by atoms with E-state index < -0.39 is 15.9 Å². The fourth-order valence-corrected chi connectivity index (χ4v) is 2.70. The average molecular weight is 402 g/mol. The van der Waals surface area contributed by atoms with Crippen LogP contribution in [0.15, 0.2) is 42.5 Å². The zero-order valence-electron chi connectivity index (χ0n) is 14.1. The van der Waals surface area contributed by atoms with Crippen molar-refractivity contribution in [3.8, 4) is 5.75 Å². The highest BCUT2D eigenvalue weighted by Crippen LogP contribution is 2.32. The lowest BCUT2D eigenvalue weighted by atomic mass is 10.1. The summed E-state index contributed by atoms with van der Waals surface area (Å²) in [5, 5.41) is 5.80. The van der Waals surface area contributed by atoms with Crippen LogP contribution in [-0.4, -0.2) is 23.0 Å². The first-order valence-corrected chi connectivity index (χ1v) is 8.70. The molecule has 0 unspecified atom stereocenters. The Morgan fingerprint density at radius 2 is 1.80 bits per heavy atom. The summed E-state index contributed by atoms with van der Waals surface area (Å²) in [7, 11) is 1.49. The molecule has 1 atom stereocenters. The fraction of sp³-hybridized carbons (Fsp3) is 0.278. The zero-order chi connectivity index (χ0) is 18.6. The number of hydrogen-bond donors (Lipinski definition) is 2. The molecule has 0 aromatic heterocycles. The molecule has 0 saturated heterocycles. The van der Waals surface area contributed by atoms with Crippen molar-refractivity contribution in [2.45, 2.75) is 23.8 Å². The van der Waals surface area contributed by atoms with Gasteiger partial charge in [0.25, 0.3) is 5.91 Å². The molecule has 2 aromatic rings. The summed E-state index contributed by atoms with van der Waals surface area (Å²) in [4.78, 5) is 12.6. The largest absolute Gasteiger partial charge is 0.496 e. The van der Waals surface area contributed by atoms with Crippen molar-refractivity contribution < 1.29 is 9.53 Å². The van der Waals surface area contributed by atoms with Crippen molar-refractivity contribution in [1.82, 2.24) is 5.32 Å². The number of hydrogen-bond acceptors (Lipinski definition) is 3. The average Bonchev–Trinajstić information content (AvgIpc) is 2.55. The highest BCUT2D eigenvalue weighted by Gasteiger charge is 2.35. The summed E-state index contributed by atoms with van der Waals surface area (Å²) in [5.74, 6) is 0.0284. The summed E-state index contributed by atoms with van der Waals surface area (Å²) in [6.45, 7) is 3.93. The number of aryl methyl sites for hydroxylation is 2. The van der Waals surface area contributed by atoms with E-state index in [2.05, 4.69) is 10.6 Å². The SMILES string of the molecule is COc1ccccc1C(=O)N[C@@H](Nc1ccc(C)cc1C)C(Cl)(Cl)Cl. The molecular weight excluding hydrogens is 383 g/mol. The predicted octanol–water partition coefficient (Wildman–Crippen LogP) is 4.85. The van der Waals surface area contributed by atoms with E-state index in [0.717, 1.165) is 16.8 Å². The molecule has 1 amide bonds. The molecule has 0 heterocycles. The Hall–Kier alpha value is -1.62. The van der Waals surface area contributed by atoms with Crippen molar-refractivity contribution in [2.75, 3.05) is 12.4 Å². The number of alkyl halides is 3. The standard InChI is InChI=1S/C18H19Cl3N2O2/c1-11-8-9-14(12(2)10-11)22-17(18(19,20)21)23-16(24)13-6-4-5-7-15(13)25-3/h4-10,17,22H,1-3H3,(H,23,24)/t17-/m1/s1. The highest BCUT2D eigenvalue weighted by molar-refractivity contribution is 6.68. The Labute approximate surface area is 162 Å². The van der Waals surface area contributed by atoms with Crippen molar-refractivity contribution in [2.24, 2.45) is 0 Å². The molecule has 7 heteroatoms. The first-order valence-electron chi connectivity index (χ1n) is 7.56. The smallest absolute Gasteiger partial charge is 0.256 e. The van der Waals surface area contributed by atoms with Crippen LogP contribution < -0.4 is 15.4 Å². The third kappa shape index (κ3) is 5.18. The lowest BCUT2D eigenvalue weighted by molar-refractivity contribution is 0.0939. The minimum Gasteiger partial charge on any atom is -0.496 e. The van der Waals surface area contributed by atoms with E-state index in [-0.39, 0.29) is 0 Å². The van der Waals surface area contributed by atoms with E-state index in [4.69, 9.17) is 39.5 Å². The summed E-state index contributed by atoms with van der Waals surface area (Å²) < 4.78 is 3.45. The molecule has 134 valence electrons. The molecule has 0 radical (unpaired) electrons. The number of para-hydroxylation sites is 1. The van der Waals surface area contributed by atoms with Gasteiger partial charge in [-0.25, -0.2) is 0 Å². The maximum Gasteiger partial charge on any atom is 0.256 e. The molecule has 0 saturated carbocycles. The summed E-state index contributed by atoms with van der Waals surface area (Å²) in [6, 6.07) is 12.7. The van der Waals surface area contributed by atoms with Gasteiger partial charge < -0.3 is 15.4 Å². The number of benzene rings is 2. The number of amides is 1. The predicted molar refractivity (Wildman–Crippen MR) is 104 cm³/mol. The monoisotopic (exact) mass is 400 g/mol. The summed E-state index contributed by atoms with van der Waals surface area (Å²) in [6.07, 6.45) is -0.934. The van der Waals surface area contributed by atoms with Gasteiger partial charge in [0.2, 0.25) is 3.79 Å². The molecule has 4 nitrogen and oxygen atoms in total. The minimum absolute atomic E-state index is 0.353. The van der Waals surface area contributed by atoms with Gasteiger partial charge in [0.15, 0.2) is 0 Å². The molecule has 2 aromatic carbocycles. The van der Waals surface area contributed by atoms with E-state index in [9.17, 15) is 4.79 Å². The van der Waals surface area contributed by atoms with Crippen LogP contribution in [-0.2, 0) is 0 Å². The molecule has 0 bridgehead atoms. The van der Waals surface area contributed by atoms with Crippen molar-refractivity contribution >= 4 is 46.4 Å². The third-order valence-electron chi connectivity index (χ3n) is 3.64. The van der Waals surface area contributed by atoms with Gasteiger partial charge in [0.1, 0.15) is 11.9 Å². The first kappa shape index (κ1) is 19.7. The van der Waals surface area contributed by atoms with Crippen molar-refractivity contribution in [3.05, 3.63) is 59.2 Å². The van der Waals surface area contributed by atoms with Gasteiger partial charge in [0.05, 0.1) is 12.7 Å². The molecule has 2 N–H and O–H groups in total. The second-order valence-electron chi connectivity index (χ2n) is 5.61.